The van der Waals surface area contributed by atoms with Crippen LogP contribution in [0.5, 0.6) is 5.75 Å². The minimum atomic E-state index is -0.555. The lowest BCUT2D eigenvalue weighted by Crippen LogP contribution is -2.42. The molecule has 0 bridgehead atoms. The summed E-state index contributed by atoms with van der Waals surface area (Å²) in [7, 11) is 3.38. The van der Waals surface area contributed by atoms with Crippen molar-refractivity contribution in [3.8, 4) is 5.75 Å². The summed E-state index contributed by atoms with van der Waals surface area (Å²) in [5, 5.41) is 0. The molecule has 0 radical (unpaired) electrons. The molecule has 0 heterocycles. The Labute approximate surface area is 145 Å². The predicted molar refractivity (Wildman–Crippen MR) is 95.3 cm³/mol. The molecule has 1 unspecified atom stereocenters. The van der Waals surface area contributed by atoms with Crippen LogP contribution in [0, 0.1) is 0 Å². The summed E-state index contributed by atoms with van der Waals surface area (Å²) in [5.41, 5.74) is 8.06. The standard InChI is InChI=1S/C18H21BrN2O2/c1-21(12-14-11-15(19)8-9-17(14)23-2)18(22)16(20)10-13-6-4-3-5-7-13/h3-9,11,16H,10,12,20H2,1-2H3. The third-order valence-corrected chi connectivity index (χ3v) is 4.14. The first-order valence-corrected chi connectivity index (χ1v) is 8.17. The van der Waals surface area contributed by atoms with E-state index in [4.69, 9.17) is 10.5 Å². The number of benzene rings is 2. The highest BCUT2D eigenvalue weighted by Gasteiger charge is 2.19. The van der Waals surface area contributed by atoms with Crippen molar-refractivity contribution in [1.29, 1.82) is 0 Å². The fourth-order valence-electron chi connectivity index (χ4n) is 2.44. The van der Waals surface area contributed by atoms with Gasteiger partial charge < -0.3 is 15.4 Å². The van der Waals surface area contributed by atoms with Gasteiger partial charge in [-0.2, -0.15) is 0 Å². The van der Waals surface area contributed by atoms with E-state index in [1.165, 1.54) is 0 Å². The molecular formula is C18H21BrN2O2. The first kappa shape index (κ1) is 17.5. The number of rotatable bonds is 6. The van der Waals surface area contributed by atoms with Crippen molar-refractivity contribution in [2.24, 2.45) is 5.73 Å². The van der Waals surface area contributed by atoms with Crippen molar-refractivity contribution in [3.05, 3.63) is 64.1 Å². The Morgan fingerprint density at radius 1 is 1.26 bits per heavy atom. The number of nitrogens with two attached hydrogens (primary N) is 1. The molecule has 23 heavy (non-hydrogen) atoms. The molecule has 2 aromatic carbocycles. The molecule has 0 fully saturated rings. The lowest BCUT2D eigenvalue weighted by Gasteiger charge is -2.22. The normalized spacial score (nSPS) is 11.8. The van der Waals surface area contributed by atoms with E-state index in [0.29, 0.717) is 13.0 Å². The second-order valence-corrected chi connectivity index (χ2v) is 6.36. The number of amides is 1. The van der Waals surface area contributed by atoms with Crippen LogP contribution < -0.4 is 10.5 Å². The molecule has 5 heteroatoms. The van der Waals surface area contributed by atoms with E-state index < -0.39 is 6.04 Å². The van der Waals surface area contributed by atoms with Gasteiger partial charge in [0.05, 0.1) is 13.2 Å². The van der Waals surface area contributed by atoms with Crippen LogP contribution >= 0.6 is 15.9 Å². The summed E-state index contributed by atoms with van der Waals surface area (Å²) in [6.45, 7) is 0.448. The van der Waals surface area contributed by atoms with Gasteiger partial charge in [0.2, 0.25) is 5.91 Å². The van der Waals surface area contributed by atoms with Crippen LogP contribution in [0.25, 0.3) is 0 Å². The Bertz CT molecular complexity index is 661. The van der Waals surface area contributed by atoms with Crippen LogP contribution in [0.15, 0.2) is 53.0 Å². The van der Waals surface area contributed by atoms with Gasteiger partial charge >= 0.3 is 0 Å². The zero-order valence-electron chi connectivity index (χ0n) is 13.3. The van der Waals surface area contributed by atoms with Crippen molar-refractivity contribution >= 4 is 21.8 Å². The van der Waals surface area contributed by atoms with Gasteiger partial charge in [-0.15, -0.1) is 0 Å². The fourth-order valence-corrected chi connectivity index (χ4v) is 2.85. The quantitative estimate of drug-likeness (QED) is 0.842. The van der Waals surface area contributed by atoms with E-state index >= 15 is 0 Å². The minimum absolute atomic E-state index is 0.0871. The SMILES string of the molecule is COc1ccc(Br)cc1CN(C)C(=O)C(N)Cc1ccccc1. The van der Waals surface area contributed by atoms with Crippen LogP contribution in [-0.4, -0.2) is 31.0 Å². The third kappa shape index (κ3) is 4.81. The van der Waals surface area contributed by atoms with Crippen LogP contribution in [0.2, 0.25) is 0 Å². The molecule has 0 spiro atoms. The molecule has 0 saturated heterocycles. The fraction of sp³-hybridized carbons (Fsp3) is 0.278. The molecule has 0 aromatic heterocycles. The molecule has 1 atom stereocenters. The number of carbonyl (C=O) groups excluding carboxylic acids is 1. The van der Waals surface area contributed by atoms with Crippen LogP contribution in [-0.2, 0) is 17.8 Å². The van der Waals surface area contributed by atoms with Gasteiger partial charge in [0.25, 0.3) is 0 Å². The maximum Gasteiger partial charge on any atom is 0.239 e. The Hall–Kier alpha value is -1.85. The number of methoxy groups -OCH3 is 1. The minimum Gasteiger partial charge on any atom is -0.496 e. The topological polar surface area (TPSA) is 55.6 Å². The molecule has 0 aliphatic rings. The number of ether oxygens (including phenoxy) is 1. The van der Waals surface area contributed by atoms with Crippen molar-refractivity contribution < 1.29 is 9.53 Å². The Morgan fingerprint density at radius 2 is 1.96 bits per heavy atom. The molecule has 4 nitrogen and oxygen atoms in total. The second kappa shape index (κ2) is 8.13. The number of halogens is 1. The average molecular weight is 377 g/mol. The largest absolute Gasteiger partial charge is 0.496 e. The van der Waals surface area contributed by atoms with Crippen molar-refractivity contribution in [3.63, 3.8) is 0 Å². The molecule has 0 saturated carbocycles. The number of hydrogen-bond donors (Lipinski definition) is 1. The van der Waals surface area contributed by atoms with Crippen molar-refractivity contribution in [2.75, 3.05) is 14.2 Å². The van der Waals surface area contributed by atoms with Gasteiger partial charge in [0, 0.05) is 23.6 Å². The van der Waals surface area contributed by atoms with Gasteiger partial charge in [-0.25, -0.2) is 0 Å². The van der Waals surface area contributed by atoms with E-state index in [1.807, 2.05) is 48.5 Å². The summed E-state index contributed by atoms with van der Waals surface area (Å²) in [6, 6.07) is 15.0. The number of nitrogens with zero attached hydrogens (tertiary/aromatic N) is 1. The van der Waals surface area contributed by atoms with Crippen LogP contribution in [0.3, 0.4) is 0 Å². The summed E-state index contributed by atoms with van der Waals surface area (Å²) in [6.07, 6.45) is 0.527. The molecule has 2 rings (SSSR count). The Kier molecular flexibility index (Phi) is 6.19. The average Bonchev–Trinajstić information content (AvgIpc) is 2.55. The molecule has 0 aliphatic heterocycles. The maximum absolute atomic E-state index is 12.5. The summed E-state index contributed by atoms with van der Waals surface area (Å²) in [4.78, 5) is 14.1. The van der Waals surface area contributed by atoms with Crippen LogP contribution in [0.1, 0.15) is 11.1 Å². The zero-order chi connectivity index (χ0) is 16.8. The summed E-state index contributed by atoms with van der Waals surface area (Å²) in [5.74, 6) is 0.667. The number of likely N-dealkylation sites (N-methyl/N-ethyl adjacent to an activating group) is 1. The molecule has 122 valence electrons. The summed E-state index contributed by atoms with van der Waals surface area (Å²) >= 11 is 3.44. The van der Waals surface area contributed by atoms with Gasteiger partial charge in [0.15, 0.2) is 0 Å². The zero-order valence-corrected chi connectivity index (χ0v) is 14.9. The third-order valence-electron chi connectivity index (χ3n) is 3.64. The molecule has 2 N–H and O–H groups in total. The van der Waals surface area contributed by atoms with E-state index in [1.54, 1.807) is 19.1 Å². The van der Waals surface area contributed by atoms with Gasteiger partial charge in [-0.3, -0.25) is 4.79 Å². The van der Waals surface area contributed by atoms with E-state index in [-0.39, 0.29) is 5.91 Å². The highest BCUT2D eigenvalue weighted by atomic mass is 79.9. The summed E-state index contributed by atoms with van der Waals surface area (Å²) < 4.78 is 6.29. The monoisotopic (exact) mass is 376 g/mol. The highest BCUT2D eigenvalue weighted by Crippen LogP contribution is 2.24. The Morgan fingerprint density at radius 3 is 2.61 bits per heavy atom. The van der Waals surface area contributed by atoms with Crippen molar-refractivity contribution in [1.82, 2.24) is 4.90 Å². The smallest absolute Gasteiger partial charge is 0.239 e. The molecule has 1 amide bonds. The first-order chi connectivity index (χ1) is 11.0. The second-order valence-electron chi connectivity index (χ2n) is 5.45. The number of carbonyl (C=O) groups is 1. The molecular weight excluding hydrogens is 356 g/mol. The van der Waals surface area contributed by atoms with E-state index in [0.717, 1.165) is 21.3 Å². The maximum atomic E-state index is 12.5. The molecule has 2 aromatic rings. The van der Waals surface area contributed by atoms with Gasteiger partial charge in [-0.05, 0) is 30.2 Å². The van der Waals surface area contributed by atoms with Gasteiger partial charge in [-0.1, -0.05) is 46.3 Å². The highest BCUT2D eigenvalue weighted by molar-refractivity contribution is 9.10. The number of hydrogen-bond acceptors (Lipinski definition) is 3. The lowest BCUT2D eigenvalue weighted by molar-refractivity contribution is -0.131. The van der Waals surface area contributed by atoms with Gasteiger partial charge in [0.1, 0.15) is 5.75 Å². The van der Waals surface area contributed by atoms with Crippen LogP contribution in [0.4, 0.5) is 0 Å². The van der Waals surface area contributed by atoms with Crippen molar-refractivity contribution in [2.45, 2.75) is 19.0 Å². The predicted octanol–water partition coefficient (Wildman–Crippen LogP) is 2.99. The van der Waals surface area contributed by atoms with E-state index in [9.17, 15) is 4.79 Å². The van der Waals surface area contributed by atoms with E-state index in [2.05, 4.69) is 15.9 Å². The molecule has 0 aliphatic carbocycles. The Balaban J connectivity index is 2.03. The first-order valence-electron chi connectivity index (χ1n) is 7.38. The lowest BCUT2D eigenvalue weighted by atomic mass is 10.1.